The van der Waals surface area contributed by atoms with Crippen LogP contribution in [0.3, 0.4) is 0 Å². The van der Waals surface area contributed by atoms with Crippen molar-refractivity contribution in [3.63, 3.8) is 0 Å². The summed E-state index contributed by atoms with van der Waals surface area (Å²) >= 11 is 0. The molecular weight excluding hydrogens is 198 g/mol. The molecule has 2 fully saturated rings. The van der Waals surface area contributed by atoms with E-state index in [0.29, 0.717) is 12.1 Å². The van der Waals surface area contributed by atoms with E-state index in [4.69, 9.17) is 4.74 Å². The fraction of sp³-hybridized carbons (Fsp3) is 1.00. The molecule has 0 heterocycles. The minimum Gasteiger partial charge on any atom is -0.377 e. The van der Waals surface area contributed by atoms with Crippen LogP contribution in [0.25, 0.3) is 0 Å². The summed E-state index contributed by atoms with van der Waals surface area (Å²) in [5.74, 6) is 1.00. The zero-order valence-electron chi connectivity index (χ0n) is 10.7. The molecule has 2 rings (SSSR count). The molecule has 0 aliphatic heterocycles. The van der Waals surface area contributed by atoms with E-state index in [2.05, 4.69) is 12.4 Å². The first kappa shape index (κ1) is 12.4. The monoisotopic (exact) mass is 225 g/mol. The van der Waals surface area contributed by atoms with Gasteiger partial charge in [0, 0.05) is 12.6 Å². The van der Waals surface area contributed by atoms with Crippen LogP contribution in [0.2, 0.25) is 0 Å². The molecule has 0 aromatic carbocycles. The Balaban J connectivity index is 1.71. The molecule has 16 heavy (non-hydrogen) atoms. The Morgan fingerprint density at radius 3 is 2.44 bits per heavy atom. The number of hydrogen-bond donors (Lipinski definition) is 1. The fourth-order valence-electron chi connectivity index (χ4n) is 2.77. The van der Waals surface area contributed by atoms with Crippen molar-refractivity contribution in [1.82, 2.24) is 5.32 Å². The van der Waals surface area contributed by atoms with Crippen LogP contribution in [0.15, 0.2) is 0 Å². The highest BCUT2D eigenvalue weighted by Crippen LogP contribution is 2.32. The third-order valence-corrected chi connectivity index (χ3v) is 4.13. The Bertz CT molecular complexity index is 191. The lowest BCUT2D eigenvalue weighted by atomic mass is 9.94. The molecule has 0 amide bonds. The molecule has 0 radical (unpaired) electrons. The molecular formula is C14H27NO. The van der Waals surface area contributed by atoms with E-state index >= 15 is 0 Å². The van der Waals surface area contributed by atoms with Crippen molar-refractivity contribution in [2.75, 3.05) is 13.7 Å². The summed E-state index contributed by atoms with van der Waals surface area (Å²) in [7, 11) is 2.09. The van der Waals surface area contributed by atoms with E-state index < -0.39 is 0 Å². The highest BCUT2D eigenvalue weighted by atomic mass is 16.5. The van der Waals surface area contributed by atoms with Crippen LogP contribution in [0, 0.1) is 5.92 Å². The lowest BCUT2D eigenvalue weighted by Crippen LogP contribution is -2.40. The van der Waals surface area contributed by atoms with Gasteiger partial charge in [-0.15, -0.1) is 0 Å². The Morgan fingerprint density at radius 2 is 1.75 bits per heavy atom. The van der Waals surface area contributed by atoms with E-state index in [0.717, 1.165) is 12.5 Å². The van der Waals surface area contributed by atoms with Crippen molar-refractivity contribution >= 4 is 0 Å². The molecule has 2 unspecified atom stereocenters. The largest absolute Gasteiger partial charge is 0.377 e. The molecule has 2 nitrogen and oxygen atoms in total. The number of likely N-dealkylation sites (N-methyl/N-ethyl adjacent to an activating group) is 1. The van der Waals surface area contributed by atoms with Gasteiger partial charge in [0.05, 0.1) is 6.10 Å². The molecule has 2 heteroatoms. The quantitative estimate of drug-likeness (QED) is 0.776. The lowest BCUT2D eigenvalue weighted by Gasteiger charge is -2.29. The highest BCUT2D eigenvalue weighted by molar-refractivity contribution is 4.79. The van der Waals surface area contributed by atoms with E-state index in [1.54, 1.807) is 0 Å². The third-order valence-electron chi connectivity index (χ3n) is 4.13. The number of ether oxygens (including phenoxy) is 1. The Kier molecular flexibility index (Phi) is 5.11. The Morgan fingerprint density at radius 1 is 1.00 bits per heavy atom. The molecule has 2 aliphatic carbocycles. The maximum atomic E-state index is 6.11. The summed E-state index contributed by atoms with van der Waals surface area (Å²) in [4.78, 5) is 0. The van der Waals surface area contributed by atoms with E-state index in [1.165, 1.54) is 57.8 Å². The highest BCUT2D eigenvalue weighted by Gasteiger charge is 2.24. The Hall–Kier alpha value is -0.0800. The summed E-state index contributed by atoms with van der Waals surface area (Å²) in [6.45, 7) is 0.994. The molecule has 0 saturated heterocycles. The van der Waals surface area contributed by atoms with Crippen LogP contribution >= 0.6 is 0 Å². The van der Waals surface area contributed by atoms with Crippen LogP contribution in [0.1, 0.15) is 57.8 Å². The topological polar surface area (TPSA) is 21.3 Å². The number of hydrogen-bond acceptors (Lipinski definition) is 2. The van der Waals surface area contributed by atoms with Crippen molar-refractivity contribution in [2.24, 2.45) is 5.92 Å². The molecule has 0 aromatic rings. The molecule has 2 atom stereocenters. The Labute approximate surface area is 100 Å². The fourth-order valence-corrected chi connectivity index (χ4v) is 2.77. The van der Waals surface area contributed by atoms with Crippen LogP contribution in [-0.4, -0.2) is 25.8 Å². The first-order valence-corrected chi connectivity index (χ1v) is 7.19. The van der Waals surface area contributed by atoms with Crippen LogP contribution < -0.4 is 5.32 Å². The molecule has 1 N–H and O–H groups in total. The van der Waals surface area contributed by atoms with Crippen molar-refractivity contribution < 1.29 is 4.74 Å². The van der Waals surface area contributed by atoms with Gasteiger partial charge in [-0.3, -0.25) is 0 Å². The second-order valence-corrected chi connectivity index (χ2v) is 5.53. The molecule has 2 saturated carbocycles. The summed E-state index contributed by atoms with van der Waals surface area (Å²) < 4.78 is 6.11. The SMILES string of the molecule is CNC1CCCCCCC1OCCC1CC1. The van der Waals surface area contributed by atoms with Gasteiger partial charge < -0.3 is 10.1 Å². The molecule has 0 spiro atoms. The minimum atomic E-state index is 0.476. The van der Waals surface area contributed by atoms with Gasteiger partial charge in [0.2, 0.25) is 0 Å². The van der Waals surface area contributed by atoms with Crippen molar-refractivity contribution in [3.8, 4) is 0 Å². The normalized spacial score (nSPS) is 32.1. The summed E-state index contributed by atoms with van der Waals surface area (Å²) in [6, 6.07) is 0.597. The summed E-state index contributed by atoms with van der Waals surface area (Å²) in [5, 5.41) is 3.45. The van der Waals surface area contributed by atoms with Gasteiger partial charge in [-0.25, -0.2) is 0 Å². The van der Waals surface area contributed by atoms with Crippen molar-refractivity contribution in [3.05, 3.63) is 0 Å². The zero-order valence-corrected chi connectivity index (χ0v) is 10.7. The second kappa shape index (κ2) is 6.61. The van der Waals surface area contributed by atoms with E-state index in [9.17, 15) is 0 Å². The van der Waals surface area contributed by atoms with E-state index in [-0.39, 0.29) is 0 Å². The molecule has 2 aliphatic rings. The number of nitrogens with one attached hydrogen (secondary N) is 1. The second-order valence-electron chi connectivity index (χ2n) is 5.53. The standard InChI is InChI=1S/C14H27NO/c1-15-13-6-4-2-3-5-7-14(13)16-11-10-12-8-9-12/h12-15H,2-11H2,1H3. The van der Waals surface area contributed by atoms with Gasteiger partial charge >= 0.3 is 0 Å². The molecule has 94 valence electrons. The first-order valence-electron chi connectivity index (χ1n) is 7.19. The maximum Gasteiger partial charge on any atom is 0.0727 e. The lowest BCUT2D eigenvalue weighted by molar-refractivity contribution is 0.0123. The average Bonchev–Trinajstić information content (AvgIpc) is 3.05. The first-order chi connectivity index (χ1) is 7.90. The summed E-state index contributed by atoms with van der Waals surface area (Å²) in [6.07, 6.45) is 12.8. The van der Waals surface area contributed by atoms with E-state index in [1.807, 2.05) is 0 Å². The van der Waals surface area contributed by atoms with Crippen molar-refractivity contribution in [2.45, 2.75) is 69.9 Å². The average molecular weight is 225 g/mol. The third kappa shape index (κ3) is 4.06. The van der Waals surface area contributed by atoms with Crippen LogP contribution in [0.5, 0.6) is 0 Å². The van der Waals surface area contributed by atoms with Crippen molar-refractivity contribution in [1.29, 1.82) is 0 Å². The predicted molar refractivity (Wildman–Crippen MR) is 67.6 cm³/mol. The maximum absolute atomic E-state index is 6.11. The summed E-state index contributed by atoms with van der Waals surface area (Å²) in [5.41, 5.74) is 0. The van der Waals surface area contributed by atoms with Gasteiger partial charge in [0.25, 0.3) is 0 Å². The van der Waals surface area contributed by atoms with Gasteiger partial charge in [0.1, 0.15) is 0 Å². The van der Waals surface area contributed by atoms with Gasteiger partial charge in [0.15, 0.2) is 0 Å². The van der Waals surface area contributed by atoms with Crippen LogP contribution in [0.4, 0.5) is 0 Å². The predicted octanol–water partition coefficient (Wildman–Crippen LogP) is 3.11. The van der Waals surface area contributed by atoms with Gasteiger partial charge in [-0.2, -0.15) is 0 Å². The molecule has 0 bridgehead atoms. The smallest absolute Gasteiger partial charge is 0.0727 e. The number of rotatable bonds is 5. The molecule has 0 aromatic heterocycles. The van der Waals surface area contributed by atoms with Crippen LogP contribution in [-0.2, 0) is 4.74 Å². The zero-order chi connectivity index (χ0) is 11.2. The van der Waals surface area contributed by atoms with Gasteiger partial charge in [-0.05, 0) is 32.2 Å². The van der Waals surface area contributed by atoms with Gasteiger partial charge in [-0.1, -0.05) is 38.5 Å². The minimum absolute atomic E-state index is 0.476.